The third kappa shape index (κ3) is 14.5. The number of unbranched alkanes of at least 4 members (excludes halogenated alkanes) is 2. The number of H-pyrrole nitrogens is 1. The summed E-state index contributed by atoms with van der Waals surface area (Å²) in [6.45, 7) is 6.08. The number of urea groups is 1. The average molecular weight is 1060 g/mol. The van der Waals surface area contributed by atoms with Gasteiger partial charge in [0.25, 0.3) is 11.8 Å². The number of hydrogen-bond donors (Lipinski definition) is 6. The number of nitrogens with one attached hydrogen (secondary N) is 5. The fourth-order valence-electron chi connectivity index (χ4n) is 8.95. The molecule has 22 nitrogen and oxygen atoms in total. The SMILES string of the molecule is Cc1cccc(-c2nc(CN(CCc3cccc4ncccc34)C(=O)OCc3ccc(NC(=O)[C@H](CCCNC(N)=O)NC(=O)C(NC(=O)CCCCCN4C(=O)C=CC4=O)C(C)C)cc3)[nH]c2-c2ccc3ncnn3c2)n1. The molecular formula is C56H62N14O8. The molecule has 1 unspecified atom stereocenters. The molecule has 2 atom stereocenters. The fourth-order valence-corrected chi connectivity index (χ4v) is 8.95. The lowest BCUT2D eigenvalue weighted by Crippen LogP contribution is -2.54. The summed E-state index contributed by atoms with van der Waals surface area (Å²) in [7, 11) is 0. The Hall–Kier alpha value is -9.34. The molecule has 0 fully saturated rings. The predicted molar refractivity (Wildman–Crippen MR) is 289 cm³/mol. The van der Waals surface area contributed by atoms with Crippen LogP contribution in [0.15, 0.2) is 116 Å². The number of amides is 8. The zero-order valence-electron chi connectivity index (χ0n) is 43.6. The lowest BCUT2D eigenvalue weighted by molar-refractivity contribution is -0.137. The normalized spacial score (nSPS) is 12.9. The Kier molecular flexibility index (Phi) is 18.3. The van der Waals surface area contributed by atoms with Crippen LogP contribution in [0.1, 0.15) is 75.0 Å². The van der Waals surface area contributed by atoms with Gasteiger partial charge >= 0.3 is 12.1 Å². The first-order chi connectivity index (χ1) is 37.7. The number of pyridine rings is 3. The highest BCUT2D eigenvalue weighted by Crippen LogP contribution is 2.30. The summed E-state index contributed by atoms with van der Waals surface area (Å²) < 4.78 is 7.65. The first kappa shape index (κ1) is 54.9. The highest BCUT2D eigenvalue weighted by molar-refractivity contribution is 6.12. The van der Waals surface area contributed by atoms with Crippen molar-refractivity contribution in [1.82, 2.24) is 60.3 Å². The van der Waals surface area contributed by atoms with Gasteiger partial charge in [0.2, 0.25) is 17.7 Å². The van der Waals surface area contributed by atoms with E-state index >= 15 is 0 Å². The number of fused-ring (bicyclic) bond motifs is 2. The van der Waals surface area contributed by atoms with Crippen LogP contribution in [0.3, 0.4) is 0 Å². The minimum atomic E-state index is -1.07. The molecule has 8 amide bonds. The van der Waals surface area contributed by atoms with E-state index in [1.54, 1.807) is 53.7 Å². The third-order valence-corrected chi connectivity index (χ3v) is 13.1. The van der Waals surface area contributed by atoms with Crippen molar-refractivity contribution in [3.63, 3.8) is 0 Å². The van der Waals surface area contributed by atoms with Crippen molar-refractivity contribution in [3.05, 3.63) is 138 Å². The van der Waals surface area contributed by atoms with Crippen LogP contribution in [0.5, 0.6) is 0 Å². The topological polar surface area (TPSA) is 294 Å². The number of ether oxygens (including phenoxy) is 1. The molecule has 1 aliphatic heterocycles. The van der Waals surface area contributed by atoms with Crippen LogP contribution in [-0.2, 0) is 48.3 Å². The molecule has 2 aromatic carbocycles. The van der Waals surface area contributed by atoms with E-state index in [0.29, 0.717) is 65.5 Å². The number of aryl methyl sites for hydroxylation is 1. The minimum Gasteiger partial charge on any atom is -0.445 e. The molecule has 0 radical (unpaired) electrons. The second-order valence-electron chi connectivity index (χ2n) is 19.2. The van der Waals surface area contributed by atoms with Crippen LogP contribution < -0.4 is 27.0 Å². The molecule has 0 bridgehead atoms. The zero-order chi connectivity index (χ0) is 55.1. The van der Waals surface area contributed by atoms with Crippen LogP contribution in [0, 0.1) is 12.8 Å². The van der Waals surface area contributed by atoms with Gasteiger partial charge in [0.1, 0.15) is 36.5 Å². The van der Waals surface area contributed by atoms with Crippen LogP contribution in [0.25, 0.3) is 39.2 Å². The monoisotopic (exact) mass is 1060 g/mol. The second kappa shape index (κ2) is 25.9. The maximum Gasteiger partial charge on any atom is 0.410 e. The number of anilines is 1. The third-order valence-electron chi connectivity index (χ3n) is 13.1. The molecule has 22 heteroatoms. The van der Waals surface area contributed by atoms with E-state index in [4.69, 9.17) is 20.4 Å². The molecular weight excluding hydrogens is 997 g/mol. The molecule has 6 heterocycles. The van der Waals surface area contributed by atoms with E-state index in [-0.39, 0.29) is 75.7 Å². The molecule has 78 heavy (non-hydrogen) atoms. The number of primary amides is 1. The van der Waals surface area contributed by atoms with Crippen molar-refractivity contribution < 1.29 is 38.3 Å². The van der Waals surface area contributed by atoms with Crippen molar-refractivity contribution in [2.75, 3.05) is 25.0 Å². The summed E-state index contributed by atoms with van der Waals surface area (Å²) in [4.78, 5) is 115. The molecule has 1 aliphatic rings. The molecule has 0 aliphatic carbocycles. The Morgan fingerprint density at radius 1 is 0.833 bits per heavy atom. The molecule has 7 N–H and O–H groups in total. The van der Waals surface area contributed by atoms with Gasteiger partial charge in [-0.1, -0.05) is 56.7 Å². The number of carbonyl (C=O) groups excluding carboxylic acids is 7. The van der Waals surface area contributed by atoms with Gasteiger partial charge in [-0.3, -0.25) is 38.8 Å². The van der Waals surface area contributed by atoms with Crippen molar-refractivity contribution in [1.29, 1.82) is 0 Å². The van der Waals surface area contributed by atoms with Crippen molar-refractivity contribution in [3.8, 4) is 22.6 Å². The fraction of sp³-hybridized carbons (Fsp3) is 0.321. The van der Waals surface area contributed by atoms with E-state index in [9.17, 15) is 33.6 Å². The Balaban J connectivity index is 0.921. The quantitative estimate of drug-likeness (QED) is 0.0287. The second-order valence-corrected chi connectivity index (χ2v) is 19.2. The standard InChI is InChI=1S/C56H62N14O8/c1-35(2)50(67-47(71)17-5-4-6-29-69-48(72)24-25-49(69)73)54(75)64-44(16-10-28-59-55(57)76)53(74)63-40-21-18-37(19-22-40)33-78-56(77)68(30-26-38-12-8-14-42-41(38)13-9-27-58-42)32-45-65-51(39-20-23-46-60-34-61-70(46)31-39)52(66-45)43-15-7-11-36(3)62-43/h7-9,11-15,18-25,27,31,34-35,44,50H,4-6,10,16-17,26,28-30,32-33H2,1-3H3,(H,63,74)(H,64,75)(H,65,66)(H,67,71)(H3,57,59,76)/t44-,50?/m0/s1. The van der Waals surface area contributed by atoms with Crippen LogP contribution in [0.4, 0.5) is 15.3 Å². The van der Waals surface area contributed by atoms with Crippen LogP contribution in [0.2, 0.25) is 0 Å². The number of aromatic nitrogens is 7. The lowest BCUT2D eigenvalue weighted by atomic mass is 10.0. The van der Waals surface area contributed by atoms with Gasteiger partial charge in [-0.25, -0.2) is 24.1 Å². The number of rotatable bonds is 25. The van der Waals surface area contributed by atoms with Gasteiger partial charge in [-0.2, -0.15) is 5.10 Å². The van der Waals surface area contributed by atoms with Gasteiger partial charge in [-0.15, -0.1) is 0 Å². The summed E-state index contributed by atoms with van der Waals surface area (Å²) in [6, 6.07) is 23.2. The molecule has 7 aromatic rings. The first-order valence-electron chi connectivity index (χ1n) is 25.8. The number of nitrogens with two attached hydrogens (primary N) is 1. The Morgan fingerprint density at radius 3 is 2.40 bits per heavy atom. The van der Waals surface area contributed by atoms with Crippen LogP contribution in [-0.4, -0.2) is 118 Å². The maximum atomic E-state index is 14.3. The number of carbonyl (C=O) groups is 7. The van der Waals surface area contributed by atoms with Gasteiger partial charge < -0.3 is 41.6 Å². The highest BCUT2D eigenvalue weighted by Gasteiger charge is 2.30. The molecule has 0 spiro atoms. The van der Waals surface area contributed by atoms with Gasteiger partial charge in [0, 0.05) is 72.9 Å². The number of nitrogens with zero attached hydrogens (tertiary/aromatic N) is 8. The highest BCUT2D eigenvalue weighted by atomic mass is 16.6. The molecule has 5 aromatic heterocycles. The van der Waals surface area contributed by atoms with Gasteiger partial charge in [0.15, 0.2) is 5.65 Å². The molecule has 0 saturated carbocycles. The molecule has 8 rings (SSSR count). The number of benzene rings is 2. The summed E-state index contributed by atoms with van der Waals surface area (Å²) in [6.07, 6.45) is 9.52. The summed E-state index contributed by atoms with van der Waals surface area (Å²) in [5, 5.41) is 16.2. The Morgan fingerprint density at radius 2 is 1.63 bits per heavy atom. The smallest absolute Gasteiger partial charge is 0.410 e. The first-order valence-corrected chi connectivity index (χ1v) is 25.8. The average Bonchev–Trinajstić information content (AvgIpc) is 4.18. The van der Waals surface area contributed by atoms with Gasteiger partial charge in [-0.05, 0) is 105 Å². The summed E-state index contributed by atoms with van der Waals surface area (Å²) >= 11 is 0. The number of imide groups is 1. The predicted octanol–water partition coefficient (Wildman–Crippen LogP) is 5.92. The molecule has 404 valence electrons. The molecule has 0 saturated heterocycles. The van der Waals surface area contributed by atoms with E-state index in [1.165, 1.54) is 18.5 Å². The van der Waals surface area contributed by atoms with Crippen molar-refractivity contribution >= 4 is 63.9 Å². The van der Waals surface area contributed by atoms with E-state index in [0.717, 1.165) is 32.6 Å². The van der Waals surface area contributed by atoms with Crippen molar-refractivity contribution in [2.45, 2.75) is 91.0 Å². The number of hydrogen-bond acceptors (Lipinski definition) is 13. The van der Waals surface area contributed by atoms with E-state index < -0.39 is 36.0 Å². The Bertz CT molecular complexity index is 3310. The summed E-state index contributed by atoms with van der Waals surface area (Å²) in [5.74, 6) is -2.03. The minimum absolute atomic E-state index is 0.0604. The van der Waals surface area contributed by atoms with Crippen molar-refractivity contribution in [2.24, 2.45) is 11.7 Å². The number of aromatic amines is 1. The van der Waals surface area contributed by atoms with E-state index in [1.807, 2.05) is 73.8 Å². The van der Waals surface area contributed by atoms with Gasteiger partial charge in [0.05, 0.1) is 23.4 Å². The maximum absolute atomic E-state index is 14.3. The van der Waals surface area contributed by atoms with Crippen LogP contribution >= 0.6 is 0 Å². The summed E-state index contributed by atoms with van der Waals surface area (Å²) in [5.41, 5.74) is 12.3. The lowest BCUT2D eigenvalue weighted by Gasteiger charge is -2.25. The van der Waals surface area contributed by atoms with E-state index in [2.05, 4.69) is 41.3 Å². The number of imidazole rings is 1. The zero-order valence-corrected chi connectivity index (χ0v) is 43.6. The largest absolute Gasteiger partial charge is 0.445 e. The Labute approximate surface area is 449 Å².